The monoisotopic (exact) mass is 320 g/mol. The van der Waals surface area contributed by atoms with Gasteiger partial charge in [-0.1, -0.05) is 26.8 Å². The lowest BCUT2D eigenvalue weighted by atomic mass is 9.92. The van der Waals surface area contributed by atoms with Crippen LogP contribution in [0.1, 0.15) is 43.1 Å². The summed E-state index contributed by atoms with van der Waals surface area (Å²) in [4.78, 5) is 24.6. The molecule has 0 bridgehead atoms. The molecule has 6 nitrogen and oxygen atoms in total. The van der Waals surface area contributed by atoms with Gasteiger partial charge in [-0.05, 0) is 18.4 Å². The van der Waals surface area contributed by atoms with Crippen LogP contribution < -0.4 is 10.6 Å². The van der Waals surface area contributed by atoms with Crippen LogP contribution in [0, 0.1) is 0 Å². The van der Waals surface area contributed by atoms with Gasteiger partial charge in [-0.25, -0.2) is 0 Å². The van der Waals surface area contributed by atoms with Crippen LogP contribution in [-0.4, -0.2) is 28.1 Å². The Morgan fingerprint density at radius 3 is 2.64 bits per heavy atom. The van der Waals surface area contributed by atoms with E-state index in [-0.39, 0.29) is 17.2 Å². The molecule has 0 aliphatic rings. The zero-order valence-corrected chi connectivity index (χ0v) is 13.9. The summed E-state index contributed by atoms with van der Waals surface area (Å²) < 4.78 is 0. The molecule has 0 aliphatic carbocycles. The second-order valence-electron chi connectivity index (χ2n) is 6.08. The van der Waals surface area contributed by atoms with Crippen molar-refractivity contribution in [1.29, 1.82) is 0 Å². The van der Waals surface area contributed by atoms with Gasteiger partial charge in [0.25, 0.3) is 5.91 Å². The molecule has 118 valence electrons. The topological polar surface area (TPSA) is 86.9 Å². The number of nitrogens with zero attached hydrogens (tertiary/aromatic N) is 1. The average Bonchev–Trinajstić information content (AvgIpc) is 3.08. The summed E-state index contributed by atoms with van der Waals surface area (Å²) in [5.74, 6) is -0.112. The molecule has 0 unspecified atom stereocenters. The van der Waals surface area contributed by atoms with Gasteiger partial charge in [0.1, 0.15) is 6.04 Å². The second-order valence-corrected chi connectivity index (χ2v) is 7.03. The van der Waals surface area contributed by atoms with Crippen LogP contribution >= 0.6 is 11.3 Å². The average molecular weight is 320 g/mol. The zero-order chi connectivity index (χ0) is 16.3. The van der Waals surface area contributed by atoms with Crippen molar-refractivity contribution in [2.75, 3.05) is 5.32 Å². The highest BCUT2D eigenvalue weighted by Crippen LogP contribution is 2.21. The van der Waals surface area contributed by atoms with Crippen LogP contribution in [0.2, 0.25) is 0 Å². The van der Waals surface area contributed by atoms with Crippen LogP contribution in [0.4, 0.5) is 5.82 Å². The Morgan fingerprint density at radius 1 is 1.36 bits per heavy atom. The fourth-order valence-electron chi connectivity index (χ4n) is 1.75. The van der Waals surface area contributed by atoms with E-state index in [1.54, 1.807) is 25.1 Å². The lowest BCUT2D eigenvalue weighted by molar-refractivity contribution is -0.117. The fourth-order valence-corrected chi connectivity index (χ4v) is 2.37. The second kappa shape index (κ2) is 6.31. The molecule has 1 atom stereocenters. The Labute approximate surface area is 133 Å². The Kier molecular flexibility index (Phi) is 4.65. The van der Waals surface area contributed by atoms with Crippen LogP contribution in [0.25, 0.3) is 0 Å². The number of anilines is 1. The molecule has 0 aliphatic heterocycles. The summed E-state index contributed by atoms with van der Waals surface area (Å²) in [5.41, 5.74) is 0.854. The summed E-state index contributed by atoms with van der Waals surface area (Å²) in [5, 5.41) is 14.1. The van der Waals surface area contributed by atoms with E-state index < -0.39 is 6.04 Å². The van der Waals surface area contributed by atoms with Crippen LogP contribution in [0.3, 0.4) is 0 Å². The maximum absolute atomic E-state index is 12.1. The number of carbonyl (C=O) groups is 2. The molecule has 0 radical (unpaired) electrons. The van der Waals surface area contributed by atoms with Gasteiger partial charge in [-0.15, -0.1) is 11.3 Å². The maximum Gasteiger partial charge on any atom is 0.261 e. The van der Waals surface area contributed by atoms with E-state index in [1.807, 2.05) is 5.38 Å². The molecule has 22 heavy (non-hydrogen) atoms. The number of carbonyl (C=O) groups excluding carboxylic acids is 2. The molecular weight excluding hydrogens is 300 g/mol. The first-order valence-electron chi connectivity index (χ1n) is 6.98. The molecule has 2 aromatic heterocycles. The Hall–Kier alpha value is -2.15. The zero-order valence-electron chi connectivity index (χ0n) is 13.1. The molecule has 2 heterocycles. The van der Waals surface area contributed by atoms with Crippen molar-refractivity contribution < 1.29 is 9.59 Å². The van der Waals surface area contributed by atoms with Crippen LogP contribution in [-0.2, 0) is 10.2 Å². The van der Waals surface area contributed by atoms with Crippen molar-refractivity contribution in [3.05, 3.63) is 34.2 Å². The van der Waals surface area contributed by atoms with E-state index in [1.165, 1.54) is 11.3 Å². The highest BCUT2D eigenvalue weighted by molar-refractivity contribution is 7.12. The standard InChI is InChI=1S/C15H20N4O2S/c1-9(16-14(21)10-6-5-7-22-10)13(20)17-12-8-11(18-19-12)15(2,3)4/h5-9H,1-4H3,(H,16,21)(H2,17,18,19,20)/t9-/m1/s1. The van der Waals surface area contributed by atoms with E-state index in [0.717, 1.165) is 5.69 Å². The molecule has 0 fully saturated rings. The first kappa shape index (κ1) is 16.2. The fraction of sp³-hybridized carbons (Fsp3) is 0.400. The summed E-state index contributed by atoms with van der Waals surface area (Å²) >= 11 is 1.33. The molecule has 3 N–H and O–H groups in total. The van der Waals surface area contributed by atoms with E-state index in [0.29, 0.717) is 10.7 Å². The van der Waals surface area contributed by atoms with E-state index >= 15 is 0 Å². The molecule has 2 amide bonds. The quantitative estimate of drug-likeness (QED) is 0.809. The Balaban J connectivity index is 1.94. The molecule has 0 saturated carbocycles. The number of aromatic nitrogens is 2. The molecule has 0 saturated heterocycles. The smallest absolute Gasteiger partial charge is 0.261 e. The number of rotatable bonds is 4. The number of hydrogen-bond donors (Lipinski definition) is 3. The minimum atomic E-state index is -0.649. The molecular formula is C15H20N4O2S. The largest absolute Gasteiger partial charge is 0.340 e. The van der Waals surface area contributed by atoms with Crippen LogP contribution in [0.15, 0.2) is 23.6 Å². The van der Waals surface area contributed by atoms with Gasteiger partial charge >= 0.3 is 0 Å². The van der Waals surface area contributed by atoms with Crippen molar-refractivity contribution in [1.82, 2.24) is 15.5 Å². The van der Waals surface area contributed by atoms with Gasteiger partial charge in [0, 0.05) is 17.2 Å². The van der Waals surface area contributed by atoms with Gasteiger partial charge in [0.2, 0.25) is 5.91 Å². The van der Waals surface area contributed by atoms with Gasteiger partial charge in [-0.2, -0.15) is 5.10 Å². The highest BCUT2D eigenvalue weighted by atomic mass is 32.1. The third-order valence-corrected chi connectivity index (χ3v) is 3.99. The predicted octanol–water partition coefficient (Wildman–Crippen LogP) is 2.53. The normalized spacial score (nSPS) is 12.7. The van der Waals surface area contributed by atoms with E-state index in [9.17, 15) is 9.59 Å². The van der Waals surface area contributed by atoms with Crippen molar-refractivity contribution in [3.8, 4) is 0 Å². The SMILES string of the molecule is C[C@@H](NC(=O)c1cccs1)C(=O)Nc1cc(C(C)(C)C)[nH]n1. The number of aromatic amines is 1. The van der Waals surface area contributed by atoms with Crippen molar-refractivity contribution in [2.45, 2.75) is 39.2 Å². The van der Waals surface area contributed by atoms with Crippen molar-refractivity contribution >= 4 is 29.0 Å². The lowest BCUT2D eigenvalue weighted by Gasteiger charge is -2.14. The maximum atomic E-state index is 12.1. The first-order valence-corrected chi connectivity index (χ1v) is 7.86. The molecule has 0 spiro atoms. The minimum Gasteiger partial charge on any atom is -0.340 e. The minimum absolute atomic E-state index is 0.0744. The summed E-state index contributed by atoms with van der Waals surface area (Å²) in [6, 6.07) is 4.66. The third kappa shape index (κ3) is 3.94. The summed E-state index contributed by atoms with van der Waals surface area (Å²) in [6.45, 7) is 7.79. The van der Waals surface area contributed by atoms with Gasteiger partial charge in [-0.3, -0.25) is 14.7 Å². The number of amides is 2. The number of thiophene rings is 1. The van der Waals surface area contributed by atoms with Gasteiger partial charge < -0.3 is 10.6 Å². The van der Waals surface area contributed by atoms with Crippen molar-refractivity contribution in [2.24, 2.45) is 0 Å². The summed E-state index contributed by atoms with van der Waals surface area (Å²) in [7, 11) is 0. The molecule has 2 rings (SSSR count). The van der Waals surface area contributed by atoms with E-state index in [2.05, 4.69) is 41.6 Å². The predicted molar refractivity (Wildman–Crippen MR) is 87.2 cm³/mol. The van der Waals surface area contributed by atoms with E-state index in [4.69, 9.17) is 0 Å². The van der Waals surface area contributed by atoms with Gasteiger partial charge in [0.05, 0.1) is 4.88 Å². The third-order valence-electron chi connectivity index (χ3n) is 3.12. The molecule has 7 heteroatoms. The van der Waals surface area contributed by atoms with Gasteiger partial charge in [0.15, 0.2) is 5.82 Å². The lowest BCUT2D eigenvalue weighted by Crippen LogP contribution is -2.41. The Bertz CT molecular complexity index is 655. The number of hydrogen-bond acceptors (Lipinski definition) is 4. The van der Waals surface area contributed by atoms with Crippen LogP contribution in [0.5, 0.6) is 0 Å². The summed E-state index contributed by atoms with van der Waals surface area (Å²) in [6.07, 6.45) is 0. The number of nitrogens with one attached hydrogen (secondary N) is 3. The van der Waals surface area contributed by atoms with Crippen molar-refractivity contribution in [3.63, 3.8) is 0 Å². The first-order chi connectivity index (χ1) is 10.3. The molecule has 2 aromatic rings. The number of H-pyrrole nitrogens is 1. The molecule has 0 aromatic carbocycles. The Morgan fingerprint density at radius 2 is 2.09 bits per heavy atom. The highest BCUT2D eigenvalue weighted by Gasteiger charge is 2.20.